The minimum absolute atomic E-state index is 0.0111. The lowest BCUT2D eigenvalue weighted by atomic mass is 10.2. The van der Waals surface area contributed by atoms with Gasteiger partial charge in [0.2, 0.25) is 5.78 Å². The molecule has 0 aromatic rings. The van der Waals surface area contributed by atoms with E-state index in [0.29, 0.717) is 0 Å². The minimum atomic E-state index is -1.64. The van der Waals surface area contributed by atoms with E-state index in [9.17, 15) is 24.0 Å². The van der Waals surface area contributed by atoms with E-state index in [1.165, 1.54) is 13.8 Å². The normalized spacial score (nSPS) is 9.82. The summed E-state index contributed by atoms with van der Waals surface area (Å²) in [4.78, 5) is 54.3. The molecule has 0 heterocycles. The van der Waals surface area contributed by atoms with Crippen molar-refractivity contribution in [2.24, 2.45) is 0 Å². The van der Waals surface area contributed by atoms with Crippen LogP contribution in [0.4, 0.5) is 0 Å². The van der Waals surface area contributed by atoms with E-state index in [-0.39, 0.29) is 16.8 Å². The molecule has 0 rings (SSSR count). The first-order valence-electron chi connectivity index (χ1n) is 5.04. The molecule has 17 heavy (non-hydrogen) atoms. The van der Waals surface area contributed by atoms with Crippen LogP contribution in [0.5, 0.6) is 0 Å². The average Bonchev–Trinajstić information content (AvgIpc) is 2.16. The van der Waals surface area contributed by atoms with Crippen molar-refractivity contribution in [3.8, 4) is 0 Å². The maximum absolute atomic E-state index is 11.2. The number of hydrogen-bond donors (Lipinski definition) is 1. The van der Waals surface area contributed by atoms with Crippen LogP contribution in [0.15, 0.2) is 0 Å². The number of carboxylic acids is 1. The smallest absolute Gasteiger partial charge is 0.372 e. The Morgan fingerprint density at radius 3 is 1.88 bits per heavy atom. The summed E-state index contributed by atoms with van der Waals surface area (Å²) in [5, 5.41) is 8.28. The van der Waals surface area contributed by atoms with Gasteiger partial charge in [-0.1, -0.05) is 0 Å². The van der Waals surface area contributed by atoms with Gasteiger partial charge in [0.1, 0.15) is 17.3 Å². The molecule has 0 aliphatic rings. The Bertz CT molecular complexity index is 359. The lowest BCUT2D eigenvalue weighted by Gasteiger charge is -2.06. The Balaban J connectivity index is 4.23. The van der Waals surface area contributed by atoms with E-state index in [1.54, 1.807) is 0 Å². The zero-order chi connectivity index (χ0) is 13.6. The first-order chi connectivity index (χ1) is 7.75. The average molecular weight is 256 g/mol. The Kier molecular flexibility index (Phi) is 6.55. The molecule has 92 valence electrons. The molecule has 0 spiro atoms. The summed E-state index contributed by atoms with van der Waals surface area (Å²) in [6.07, 6.45) is -0.662. The summed E-state index contributed by atoms with van der Waals surface area (Å²) in [7, 11) is 0. The van der Waals surface area contributed by atoms with Gasteiger partial charge in [-0.15, -0.1) is 0 Å². The molecule has 0 fully saturated rings. The molecular weight excluding hydrogens is 243 g/mol. The lowest BCUT2D eigenvalue weighted by Crippen LogP contribution is -2.23. The van der Waals surface area contributed by atoms with Crippen LogP contribution in [0, 0.1) is 0 Å². The molecule has 0 saturated carbocycles. The minimum Gasteiger partial charge on any atom is -0.475 e. The van der Waals surface area contributed by atoms with Gasteiger partial charge in [0, 0.05) is 4.78 Å². The molecular formula is C10H13AlO6. The third kappa shape index (κ3) is 6.10. The molecule has 0 aliphatic heterocycles. The highest BCUT2D eigenvalue weighted by atomic mass is 27.1. The van der Waals surface area contributed by atoms with E-state index >= 15 is 0 Å². The summed E-state index contributed by atoms with van der Waals surface area (Å²) in [5.74, 6) is -3.87. The number of aliphatic carboxylic acids is 1. The first-order valence-corrected chi connectivity index (χ1v) is 6.86. The highest BCUT2D eigenvalue weighted by Crippen LogP contribution is 2.09. The standard InChI is InChI=1S/C5H5O4.C5H7O2.Al.H/c1-3(6)2-4(7)5(8)9;1-4(6)3-5(2)7;;/h1-2H2,(H,8,9);3H,1-2H3;;. The third-order valence-electron chi connectivity index (χ3n) is 2.29. The fourth-order valence-corrected chi connectivity index (χ4v) is 2.94. The van der Waals surface area contributed by atoms with Crippen LogP contribution >= 0.6 is 0 Å². The largest absolute Gasteiger partial charge is 0.475 e. The zero-order valence-corrected chi connectivity index (χ0v) is 11.1. The van der Waals surface area contributed by atoms with Gasteiger partial charge in [0.05, 0.1) is 6.42 Å². The third-order valence-corrected chi connectivity index (χ3v) is 4.86. The van der Waals surface area contributed by atoms with Gasteiger partial charge in [-0.05, 0) is 19.1 Å². The molecule has 6 nitrogen and oxygen atoms in total. The number of hydrogen-bond acceptors (Lipinski definition) is 5. The van der Waals surface area contributed by atoms with Crippen molar-refractivity contribution in [1.29, 1.82) is 0 Å². The highest BCUT2D eigenvalue weighted by molar-refractivity contribution is 6.55. The molecule has 0 aromatic heterocycles. The number of carbonyl (C=O) groups is 5. The zero-order valence-electron chi connectivity index (χ0n) is 9.69. The first kappa shape index (κ1) is 15.7. The van der Waals surface area contributed by atoms with Crippen LogP contribution in [0.3, 0.4) is 0 Å². The number of carbonyl (C=O) groups excluding carboxylic acids is 4. The van der Waals surface area contributed by atoms with E-state index in [2.05, 4.69) is 0 Å². The number of Topliss-reactive ketones (excluding diaryl/α,β-unsaturated/α-hetero) is 4. The number of rotatable bonds is 8. The van der Waals surface area contributed by atoms with Gasteiger partial charge < -0.3 is 19.5 Å². The maximum atomic E-state index is 11.2. The van der Waals surface area contributed by atoms with Crippen molar-refractivity contribution in [3.05, 3.63) is 0 Å². The summed E-state index contributed by atoms with van der Waals surface area (Å²) in [6, 6.07) is 0. The van der Waals surface area contributed by atoms with Crippen molar-refractivity contribution < 1.29 is 29.1 Å². The summed E-state index contributed by atoms with van der Waals surface area (Å²) in [5.41, 5.74) is 0. The van der Waals surface area contributed by atoms with Crippen LogP contribution in [-0.4, -0.2) is 49.4 Å². The molecule has 7 heteroatoms. The number of carboxylic acid groups (broad SMARTS) is 1. The second-order valence-corrected chi connectivity index (χ2v) is 5.65. The summed E-state index contributed by atoms with van der Waals surface area (Å²) in [6.45, 7) is 2.57. The van der Waals surface area contributed by atoms with Crippen LogP contribution in [-0.2, 0) is 24.0 Å². The topological polar surface area (TPSA) is 106 Å². The Labute approximate surface area is 104 Å². The molecule has 0 radical (unpaired) electrons. The van der Waals surface area contributed by atoms with Gasteiger partial charge >= 0.3 is 5.97 Å². The van der Waals surface area contributed by atoms with Gasteiger partial charge in [0.25, 0.3) is 15.2 Å². The quantitative estimate of drug-likeness (QED) is 0.354. The van der Waals surface area contributed by atoms with Crippen LogP contribution < -0.4 is 0 Å². The Morgan fingerprint density at radius 2 is 1.53 bits per heavy atom. The second kappa shape index (κ2) is 7.10. The summed E-state index contributed by atoms with van der Waals surface area (Å²) < 4.78 is -0.709. The fraction of sp³-hybridized carbons (Fsp3) is 0.500. The monoisotopic (exact) mass is 256 g/mol. The Hall–Kier alpha value is -1.32. The van der Waals surface area contributed by atoms with Gasteiger partial charge in [-0.2, -0.15) is 0 Å². The maximum Gasteiger partial charge on any atom is 0.372 e. The number of ketones is 4. The van der Waals surface area contributed by atoms with E-state index < -0.39 is 44.0 Å². The van der Waals surface area contributed by atoms with E-state index in [4.69, 9.17) is 5.11 Å². The summed E-state index contributed by atoms with van der Waals surface area (Å²) >= 11 is -1.28. The molecule has 0 saturated heterocycles. The van der Waals surface area contributed by atoms with Gasteiger partial charge in [0.15, 0.2) is 0 Å². The van der Waals surface area contributed by atoms with E-state index in [1.807, 2.05) is 0 Å². The van der Waals surface area contributed by atoms with Crippen LogP contribution in [0.2, 0.25) is 10.1 Å². The van der Waals surface area contributed by atoms with Crippen LogP contribution in [0.1, 0.15) is 20.3 Å². The molecule has 0 unspecified atom stereocenters. The molecule has 0 aromatic carbocycles. The van der Waals surface area contributed by atoms with Crippen molar-refractivity contribution in [2.75, 3.05) is 0 Å². The van der Waals surface area contributed by atoms with Crippen molar-refractivity contribution in [1.82, 2.24) is 0 Å². The van der Waals surface area contributed by atoms with Gasteiger partial charge in [-0.25, -0.2) is 4.79 Å². The fourth-order valence-electron chi connectivity index (χ4n) is 1.34. The SMILES string of the molecule is CC(=O)[CH]([AlH][CH2]C(=O)CC(=O)C(=O)O)C(C)=O. The van der Waals surface area contributed by atoms with Crippen molar-refractivity contribution in [2.45, 2.75) is 30.3 Å². The predicted octanol–water partition coefficient (Wildman–Crippen LogP) is -0.579. The van der Waals surface area contributed by atoms with Crippen molar-refractivity contribution >= 4 is 44.3 Å². The highest BCUT2D eigenvalue weighted by Gasteiger charge is 2.24. The molecule has 0 aliphatic carbocycles. The Morgan fingerprint density at radius 1 is 1.06 bits per heavy atom. The molecule has 0 atom stereocenters. The predicted molar refractivity (Wildman–Crippen MR) is 59.3 cm³/mol. The molecule has 0 amide bonds. The van der Waals surface area contributed by atoms with E-state index in [0.717, 1.165) is 0 Å². The lowest BCUT2D eigenvalue weighted by molar-refractivity contribution is -0.150. The molecule has 0 bridgehead atoms. The molecule has 1 N–H and O–H groups in total. The van der Waals surface area contributed by atoms with Crippen LogP contribution in [0.25, 0.3) is 0 Å². The van der Waals surface area contributed by atoms with Gasteiger partial charge in [-0.3, -0.25) is 4.79 Å². The van der Waals surface area contributed by atoms with Crippen molar-refractivity contribution in [3.63, 3.8) is 0 Å². The second-order valence-electron chi connectivity index (χ2n) is 3.76.